The Bertz CT molecular complexity index is 213. The van der Waals surface area contributed by atoms with E-state index in [9.17, 15) is 0 Å². The molecule has 0 amide bonds. The summed E-state index contributed by atoms with van der Waals surface area (Å²) < 4.78 is 0. The number of hydrogen-bond donors (Lipinski definition) is 1. The van der Waals surface area contributed by atoms with Gasteiger partial charge in [0.15, 0.2) is 0 Å². The average molecular weight is 167 g/mol. The molecule has 0 saturated carbocycles. The largest absolute Gasteiger partial charge is 0.314 e. The van der Waals surface area contributed by atoms with E-state index in [0.29, 0.717) is 6.04 Å². The lowest BCUT2D eigenvalue weighted by atomic mass is 10.3. The van der Waals surface area contributed by atoms with Crippen LogP contribution in [0.2, 0.25) is 0 Å². The van der Waals surface area contributed by atoms with Crippen molar-refractivity contribution in [2.75, 3.05) is 7.05 Å². The molecule has 1 rings (SSSR count). The molecule has 0 fully saturated rings. The van der Waals surface area contributed by atoms with Gasteiger partial charge >= 0.3 is 0 Å². The van der Waals surface area contributed by atoms with Crippen LogP contribution in [0.3, 0.4) is 0 Å². The van der Waals surface area contributed by atoms with E-state index >= 15 is 0 Å². The smallest absolute Gasteiger partial charge is 0.0267 e. The number of hydrogen-bond acceptors (Lipinski definition) is 2. The van der Waals surface area contributed by atoms with Crippen LogP contribution in [0, 0.1) is 0 Å². The lowest BCUT2D eigenvalue weighted by molar-refractivity contribution is 0.732. The molecule has 0 saturated heterocycles. The van der Waals surface area contributed by atoms with Crippen molar-refractivity contribution in [3.05, 3.63) is 28.5 Å². The summed E-state index contributed by atoms with van der Waals surface area (Å²) in [6.45, 7) is 2.13. The van der Waals surface area contributed by atoms with Crippen molar-refractivity contribution >= 4 is 17.4 Å². The Morgan fingerprint density at radius 3 is 3.00 bits per heavy atom. The molecule has 1 atom stereocenters. The monoisotopic (exact) mass is 167 g/mol. The standard InChI is InChI=1S/C9H13NS/c1-8(10-2)5-6-9-4-3-7-11-9/h3-8,10H,1-2H3/b6-5+. The van der Waals surface area contributed by atoms with E-state index < -0.39 is 0 Å². The zero-order valence-corrected chi connectivity index (χ0v) is 7.69. The van der Waals surface area contributed by atoms with Gasteiger partial charge in [-0.1, -0.05) is 12.1 Å². The summed E-state index contributed by atoms with van der Waals surface area (Å²) in [5, 5.41) is 5.23. The Morgan fingerprint density at radius 2 is 2.45 bits per heavy atom. The maximum absolute atomic E-state index is 3.15. The Kier molecular flexibility index (Phi) is 3.33. The minimum Gasteiger partial charge on any atom is -0.314 e. The molecule has 0 aliphatic heterocycles. The Morgan fingerprint density at radius 1 is 1.64 bits per heavy atom. The average Bonchev–Trinajstić information content (AvgIpc) is 2.52. The second kappa shape index (κ2) is 4.31. The van der Waals surface area contributed by atoms with Crippen LogP contribution < -0.4 is 5.32 Å². The molecule has 1 aromatic rings. The molecular formula is C9H13NS. The highest BCUT2D eigenvalue weighted by atomic mass is 32.1. The van der Waals surface area contributed by atoms with E-state index in [2.05, 4.69) is 41.9 Å². The molecule has 0 aliphatic carbocycles. The van der Waals surface area contributed by atoms with E-state index in [1.165, 1.54) is 4.88 Å². The summed E-state index contributed by atoms with van der Waals surface area (Å²) >= 11 is 1.76. The van der Waals surface area contributed by atoms with Crippen molar-refractivity contribution in [1.29, 1.82) is 0 Å². The first-order valence-corrected chi connectivity index (χ1v) is 4.60. The second-order valence-corrected chi connectivity index (χ2v) is 3.43. The zero-order valence-electron chi connectivity index (χ0n) is 6.87. The Labute approximate surface area is 71.8 Å². The zero-order chi connectivity index (χ0) is 8.10. The first-order chi connectivity index (χ1) is 5.33. The van der Waals surface area contributed by atoms with Crippen molar-refractivity contribution in [3.63, 3.8) is 0 Å². The summed E-state index contributed by atoms with van der Waals surface area (Å²) in [5.74, 6) is 0. The number of thiophene rings is 1. The third kappa shape index (κ3) is 2.87. The Hall–Kier alpha value is -0.600. The lowest BCUT2D eigenvalue weighted by Crippen LogP contribution is -2.17. The predicted octanol–water partition coefficient (Wildman–Crippen LogP) is 2.37. The van der Waals surface area contributed by atoms with Crippen molar-refractivity contribution in [2.24, 2.45) is 0 Å². The van der Waals surface area contributed by atoms with Gasteiger partial charge in [0.1, 0.15) is 0 Å². The first-order valence-electron chi connectivity index (χ1n) is 3.72. The minimum atomic E-state index is 0.456. The third-order valence-corrected chi connectivity index (χ3v) is 2.39. The van der Waals surface area contributed by atoms with E-state index in [1.807, 2.05) is 7.05 Å². The molecule has 2 heteroatoms. The van der Waals surface area contributed by atoms with Gasteiger partial charge in [0.05, 0.1) is 0 Å². The summed E-state index contributed by atoms with van der Waals surface area (Å²) in [7, 11) is 1.96. The molecule has 0 aliphatic rings. The fraction of sp³-hybridized carbons (Fsp3) is 0.333. The van der Waals surface area contributed by atoms with Crippen LogP contribution >= 0.6 is 11.3 Å². The topological polar surface area (TPSA) is 12.0 Å². The van der Waals surface area contributed by atoms with Gasteiger partial charge in [-0.3, -0.25) is 0 Å². The van der Waals surface area contributed by atoms with Crippen molar-refractivity contribution < 1.29 is 0 Å². The molecule has 0 bridgehead atoms. The van der Waals surface area contributed by atoms with Crippen LogP contribution in [0.1, 0.15) is 11.8 Å². The predicted molar refractivity (Wildman–Crippen MR) is 51.9 cm³/mol. The molecule has 1 unspecified atom stereocenters. The number of rotatable bonds is 3. The van der Waals surface area contributed by atoms with Crippen LogP contribution in [0.25, 0.3) is 6.08 Å². The third-order valence-electron chi connectivity index (χ3n) is 1.55. The van der Waals surface area contributed by atoms with Gasteiger partial charge in [-0.05, 0) is 31.5 Å². The maximum atomic E-state index is 3.15. The van der Waals surface area contributed by atoms with Crippen molar-refractivity contribution in [1.82, 2.24) is 5.32 Å². The lowest BCUT2D eigenvalue weighted by Gasteiger charge is -2.00. The summed E-state index contributed by atoms with van der Waals surface area (Å²) in [4.78, 5) is 1.31. The highest BCUT2D eigenvalue weighted by molar-refractivity contribution is 7.10. The van der Waals surface area contributed by atoms with Gasteiger partial charge in [-0.25, -0.2) is 0 Å². The van der Waals surface area contributed by atoms with Gasteiger partial charge in [-0.15, -0.1) is 11.3 Å². The molecular weight excluding hydrogens is 154 g/mol. The maximum Gasteiger partial charge on any atom is 0.0267 e. The fourth-order valence-electron chi connectivity index (χ4n) is 0.721. The van der Waals surface area contributed by atoms with Gasteiger partial charge in [0.2, 0.25) is 0 Å². The Balaban J connectivity index is 2.48. The molecule has 11 heavy (non-hydrogen) atoms. The van der Waals surface area contributed by atoms with Gasteiger partial charge in [-0.2, -0.15) is 0 Å². The quantitative estimate of drug-likeness (QED) is 0.728. The number of nitrogens with one attached hydrogen (secondary N) is 1. The van der Waals surface area contributed by atoms with Crippen LogP contribution in [-0.2, 0) is 0 Å². The summed E-state index contributed by atoms with van der Waals surface area (Å²) in [6, 6.07) is 4.63. The number of likely N-dealkylation sites (N-methyl/N-ethyl adjacent to an activating group) is 1. The van der Waals surface area contributed by atoms with E-state index in [0.717, 1.165) is 0 Å². The van der Waals surface area contributed by atoms with Crippen LogP contribution in [0.5, 0.6) is 0 Å². The summed E-state index contributed by atoms with van der Waals surface area (Å²) in [5.41, 5.74) is 0. The van der Waals surface area contributed by atoms with Crippen molar-refractivity contribution in [2.45, 2.75) is 13.0 Å². The van der Waals surface area contributed by atoms with E-state index in [4.69, 9.17) is 0 Å². The highest BCUT2D eigenvalue weighted by Gasteiger charge is 1.89. The van der Waals surface area contributed by atoms with Gasteiger partial charge in [0, 0.05) is 10.9 Å². The van der Waals surface area contributed by atoms with Gasteiger partial charge < -0.3 is 5.32 Å². The van der Waals surface area contributed by atoms with E-state index in [-0.39, 0.29) is 0 Å². The molecule has 1 heterocycles. The first kappa shape index (κ1) is 8.50. The highest BCUT2D eigenvalue weighted by Crippen LogP contribution is 2.10. The van der Waals surface area contributed by atoms with Gasteiger partial charge in [0.25, 0.3) is 0 Å². The van der Waals surface area contributed by atoms with Crippen LogP contribution in [0.4, 0.5) is 0 Å². The molecule has 0 radical (unpaired) electrons. The molecule has 60 valence electrons. The molecule has 0 spiro atoms. The fourth-order valence-corrected chi connectivity index (χ4v) is 1.35. The molecule has 1 nitrogen and oxygen atoms in total. The molecule has 1 N–H and O–H groups in total. The molecule has 1 aromatic heterocycles. The minimum absolute atomic E-state index is 0.456. The van der Waals surface area contributed by atoms with Crippen molar-refractivity contribution in [3.8, 4) is 0 Å². The second-order valence-electron chi connectivity index (χ2n) is 2.45. The summed E-state index contributed by atoms with van der Waals surface area (Å²) in [6.07, 6.45) is 4.30. The molecule has 0 aromatic carbocycles. The van der Waals surface area contributed by atoms with Crippen LogP contribution in [0.15, 0.2) is 23.6 Å². The SMILES string of the molecule is CNC(C)/C=C/c1cccs1. The van der Waals surface area contributed by atoms with E-state index in [1.54, 1.807) is 11.3 Å². The normalized spacial score (nSPS) is 14.0. The van der Waals surface area contributed by atoms with Crippen LogP contribution in [-0.4, -0.2) is 13.1 Å².